The highest BCUT2D eigenvalue weighted by atomic mass is 16.5. The van der Waals surface area contributed by atoms with Crippen molar-refractivity contribution in [1.82, 2.24) is 4.90 Å². The topological polar surface area (TPSA) is 29.5 Å². The first-order chi connectivity index (χ1) is 6.07. The molecule has 0 spiro atoms. The molecule has 0 amide bonds. The molecular weight excluding hydrogens is 166 g/mol. The fraction of sp³-hybridized carbons (Fsp3) is 0.900. The quantitative estimate of drug-likeness (QED) is 0.618. The number of esters is 1. The zero-order chi connectivity index (χ0) is 10.0. The van der Waals surface area contributed by atoms with Gasteiger partial charge in [0.1, 0.15) is 6.04 Å². The van der Waals surface area contributed by atoms with Crippen LogP contribution in [0.4, 0.5) is 0 Å². The van der Waals surface area contributed by atoms with Gasteiger partial charge in [0.05, 0.1) is 7.11 Å². The number of ether oxygens (including phenoxy) is 1. The molecule has 0 radical (unpaired) electrons. The fourth-order valence-corrected chi connectivity index (χ4v) is 1.60. The number of nitrogens with zero attached hydrogens (tertiary/aromatic N) is 1. The molecule has 0 aromatic carbocycles. The maximum atomic E-state index is 11.2. The van der Waals surface area contributed by atoms with Gasteiger partial charge in [0.25, 0.3) is 0 Å². The number of hydrogen-bond donors (Lipinski definition) is 0. The molecule has 0 heterocycles. The van der Waals surface area contributed by atoms with Crippen LogP contribution in [-0.4, -0.2) is 37.1 Å². The minimum atomic E-state index is -0.144. The van der Waals surface area contributed by atoms with Crippen molar-refractivity contribution in [3.8, 4) is 0 Å². The predicted octanol–water partition coefficient (Wildman–Crippen LogP) is 1.28. The predicted molar refractivity (Wildman–Crippen MR) is 51.4 cm³/mol. The molecule has 1 aliphatic carbocycles. The summed E-state index contributed by atoms with van der Waals surface area (Å²) in [5.74, 6) is 0.645. The van der Waals surface area contributed by atoms with Crippen LogP contribution in [0.25, 0.3) is 0 Å². The van der Waals surface area contributed by atoms with E-state index in [1.165, 1.54) is 20.0 Å². The highest BCUT2D eigenvalue weighted by molar-refractivity contribution is 5.75. The highest BCUT2D eigenvalue weighted by Gasteiger charge is 2.34. The third-order valence-electron chi connectivity index (χ3n) is 3.10. The van der Waals surface area contributed by atoms with Gasteiger partial charge >= 0.3 is 5.97 Å². The average Bonchev–Trinajstić information content (AvgIpc) is 2.96. The van der Waals surface area contributed by atoms with E-state index in [9.17, 15) is 4.79 Å². The first-order valence-electron chi connectivity index (χ1n) is 4.87. The maximum Gasteiger partial charge on any atom is 0.322 e. The summed E-state index contributed by atoms with van der Waals surface area (Å²) >= 11 is 0. The standard InChI is InChI=1S/C10H19NO2/c1-7(9-5-6-9)11(3)8(2)10(12)13-4/h7-9H,5-6H2,1-4H3. The molecule has 3 nitrogen and oxygen atoms in total. The van der Waals surface area contributed by atoms with E-state index in [-0.39, 0.29) is 12.0 Å². The molecule has 0 aromatic rings. The highest BCUT2D eigenvalue weighted by Crippen LogP contribution is 2.35. The van der Waals surface area contributed by atoms with E-state index >= 15 is 0 Å². The van der Waals surface area contributed by atoms with Crippen LogP contribution in [0.2, 0.25) is 0 Å². The Labute approximate surface area is 80.1 Å². The molecule has 0 N–H and O–H groups in total. The van der Waals surface area contributed by atoms with Gasteiger partial charge in [-0.25, -0.2) is 0 Å². The van der Waals surface area contributed by atoms with E-state index in [1.807, 2.05) is 14.0 Å². The largest absolute Gasteiger partial charge is 0.468 e. The second-order valence-corrected chi connectivity index (χ2v) is 3.94. The van der Waals surface area contributed by atoms with Crippen LogP contribution in [0.5, 0.6) is 0 Å². The van der Waals surface area contributed by atoms with Crippen molar-refractivity contribution in [2.45, 2.75) is 38.8 Å². The number of carbonyl (C=O) groups is 1. The summed E-state index contributed by atoms with van der Waals surface area (Å²) in [6, 6.07) is 0.370. The van der Waals surface area contributed by atoms with Crippen LogP contribution in [0.15, 0.2) is 0 Å². The third kappa shape index (κ3) is 2.44. The van der Waals surface area contributed by atoms with Gasteiger partial charge in [0, 0.05) is 6.04 Å². The second kappa shape index (κ2) is 4.09. The maximum absolute atomic E-state index is 11.2. The van der Waals surface area contributed by atoms with Crippen LogP contribution >= 0.6 is 0 Å². The molecule has 1 aliphatic rings. The molecule has 1 saturated carbocycles. The SMILES string of the molecule is COC(=O)C(C)N(C)C(C)C1CC1. The number of methoxy groups -OCH3 is 1. The third-order valence-corrected chi connectivity index (χ3v) is 3.10. The average molecular weight is 185 g/mol. The first kappa shape index (κ1) is 10.5. The van der Waals surface area contributed by atoms with Crippen LogP contribution in [0.1, 0.15) is 26.7 Å². The zero-order valence-corrected chi connectivity index (χ0v) is 8.91. The molecular formula is C10H19NO2. The Morgan fingerprint density at radius 1 is 1.46 bits per heavy atom. The van der Waals surface area contributed by atoms with Gasteiger partial charge in [-0.1, -0.05) is 0 Å². The van der Waals surface area contributed by atoms with Gasteiger partial charge in [-0.15, -0.1) is 0 Å². The summed E-state index contributed by atoms with van der Waals surface area (Å²) in [5, 5.41) is 0. The normalized spacial score (nSPS) is 21.3. The van der Waals surface area contributed by atoms with Crippen molar-refractivity contribution >= 4 is 5.97 Å². The molecule has 2 atom stereocenters. The summed E-state index contributed by atoms with van der Waals surface area (Å²) in [4.78, 5) is 13.3. The summed E-state index contributed by atoms with van der Waals surface area (Å²) in [5.41, 5.74) is 0. The Morgan fingerprint density at radius 2 is 2.00 bits per heavy atom. The van der Waals surface area contributed by atoms with Crippen LogP contribution in [-0.2, 0) is 9.53 Å². The molecule has 2 unspecified atom stereocenters. The van der Waals surface area contributed by atoms with E-state index in [4.69, 9.17) is 4.74 Å². The van der Waals surface area contributed by atoms with Crippen LogP contribution < -0.4 is 0 Å². The number of likely N-dealkylation sites (N-methyl/N-ethyl adjacent to an activating group) is 1. The van der Waals surface area contributed by atoms with Gasteiger partial charge in [-0.3, -0.25) is 9.69 Å². The summed E-state index contributed by atoms with van der Waals surface area (Å²) < 4.78 is 4.70. The Hall–Kier alpha value is -0.570. The van der Waals surface area contributed by atoms with E-state index < -0.39 is 0 Å². The number of rotatable bonds is 4. The van der Waals surface area contributed by atoms with Gasteiger partial charge in [0.15, 0.2) is 0 Å². The van der Waals surface area contributed by atoms with Gasteiger partial charge in [-0.2, -0.15) is 0 Å². The number of hydrogen-bond acceptors (Lipinski definition) is 3. The van der Waals surface area contributed by atoms with Crippen molar-refractivity contribution < 1.29 is 9.53 Å². The monoisotopic (exact) mass is 185 g/mol. The lowest BCUT2D eigenvalue weighted by molar-refractivity contribution is -0.146. The van der Waals surface area contributed by atoms with Crippen LogP contribution in [0, 0.1) is 5.92 Å². The Kier molecular flexibility index (Phi) is 3.31. The molecule has 0 bridgehead atoms. The minimum Gasteiger partial charge on any atom is -0.468 e. The zero-order valence-electron chi connectivity index (χ0n) is 8.91. The smallest absolute Gasteiger partial charge is 0.322 e. The lowest BCUT2D eigenvalue weighted by Gasteiger charge is -2.28. The number of carbonyl (C=O) groups excluding carboxylic acids is 1. The fourth-order valence-electron chi connectivity index (χ4n) is 1.60. The van der Waals surface area contributed by atoms with Crippen LogP contribution in [0.3, 0.4) is 0 Å². The van der Waals surface area contributed by atoms with Crippen molar-refractivity contribution in [3.05, 3.63) is 0 Å². The lowest BCUT2D eigenvalue weighted by Crippen LogP contribution is -2.43. The molecule has 1 fully saturated rings. The van der Waals surface area contributed by atoms with Crippen molar-refractivity contribution in [2.24, 2.45) is 5.92 Å². The molecule has 3 heteroatoms. The molecule has 0 saturated heterocycles. The molecule has 0 aliphatic heterocycles. The van der Waals surface area contributed by atoms with E-state index in [1.54, 1.807) is 0 Å². The van der Waals surface area contributed by atoms with Gasteiger partial charge in [0.2, 0.25) is 0 Å². The molecule has 0 aromatic heterocycles. The molecule has 13 heavy (non-hydrogen) atoms. The molecule has 1 rings (SSSR count). The van der Waals surface area contributed by atoms with Crippen molar-refractivity contribution in [2.75, 3.05) is 14.2 Å². The Morgan fingerprint density at radius 3 is 2.38 bits per heavy atom. The van der Waals surface area contributed by atoms with E-state index in [0.717, 1.165) is 5.92 Å². The summed E-state index contributed by atoms with van der Waals surface area (Å²) in [6.45, 7) is 4.07. The van der Waals surface area contributed by atoms with E-state index in [0.29, 0.717) is 6.04 Å². The van der Waals surface area contributed by atoms with Gasteiger partial charge in [-0.05, 0) is 39.7 Å². The minimum absolute atomic E-state index is 0.124. The van der Waals surface area contributed by atoms with Crippen molar-refractivity contribution in [3.63, 3.8) is 0 Å². The summed E-state index contributed by atoms with van der Waals surface area (Å²) in [7, 11) is 3.43. The van der Waals surface area contributed by atoms with Crippen molar-refractivity contribution in [1.29, 1.82) is 0 Å². The van der Waals surface area contributed by atoms with E-state index in [2.05, 4.69) is 11.8 Å². The molecule has 76 valence electrons. The Balaban J connectivity index is 2.44. The second-order valence-electron chi connectivity index (χ2n) is 3.94. The van der Waals surface area contributed by atoms with Gasteiger partial charge < -0.3 is 4.74 Å². The first-order valence-corrected chi connectivity index (χ1v) is 4.87. The summed E-state index contributed by atoms with van der Waals surface area (Å²) in [6.07, 6.45) is 2.61. The Bertz CT molecular complexity index is 189. The lowest BCUT2D eigenvalue weighted by atomic mass is 10.1.